The van der Waals surface area contributed by atoms with Gasteiger partial charge < -0.3 is 20.1 Å². The van der Waals surface area contributed by atoms with Crippen LogP contribution in [0.25, 0.3) is 0 Å². The average Bonchev–Trinajstić information content (AvgIpc) is 2.88. The molecule has 1 aliphatic rings. The van der Waals surface area contributed by atoms with Gasteiger partial charge in [0.05, 0.1) is 18.4 Å². The molecule has 138 valence electrons. The third-order valence-corrected chi connectivity index (χ3v) is 4.61. The number of nitrogens with zero attached hydrogens (tertiary/aromatic N) is 3. The number of aliphatic hydroxyl groups is 1. The number of aromatic nitrogens is 2. The number of aryl methyl sites for hydroxylation is 1. The number of likely N-dealkylation sites (tertiary alicyclic amines) is 1. The van der Waals surface area contributed by atoms with Gasteiger partial charge in [-0.15, -0.1) is 0 Å². The monoisotopic (exact) mass is 338 g/mol. The van der Waals surface area contributed by atoms with Crippen molar-refractivity contribution >= 4 is 0 Å². The van der Waals surface area contributed by atoms with Gasteiger partial charge in [-0.1, -0.05) is 20.8 Å². The molecule has 1 aromatic heterocycles. The van der Waals surface area contributed by atoms with Crippen LogP contribution in [0.4, 0.5) is 0 Å². The van der Waals surface area contributed by atoms with Crippen LogP contribution >= 0.6 is 0 Å². The molecule has 1 unspecified atom stereocenters. The molecule has 6 heteroatoms. The summed E-state index contributed by atoms with van der Waals surface area (Å²) in [5.41, 5.74) is 2.54. The Labute approximate surface area is 146 Å². The summed E-state index contributed by atoms with van der Waals surface area (Å²) in [4.78, 5) is 2.33. The predicted octanol–water partition coefficient (Wildman–Crippen LogP) is 1.28. The number of β-amino-alcohol motifs (C(OH)–C–C–N with tert-alkyl or cyclic N) is 1. The van der Waals surface area contributed by atoms with Gasteiger partial charge in [0.1, 0.15) is 0 Å². The van der Waals surface area contributed by atoms with E-state index in [1.165, 1.54) is 11.3 Å². The van der Waals surface area contributed by atoms with Gasteiger partial charge in [0.15, 0.2) is 0 Å². The van der Waals surface area contributed by atoms with Crippen LogP contribution in [0, 0.1) is 0 Å². The second-order valence-corrected chi connectivity index (χ2v) is 7.99. The Balaban J connectivity index is 1.79. The van der Waals surface area contributed by atoms with Gasteiger partial charge in [-0.3, -0.25) is 4.68 Å². The van der Waals surface area contributed by atoms with Crippen molar-refractivity contribution in [2.45, 2.75) is 57.7 Å². The number of aliphatic hydroxyl groups excluding tert-OH is 1. The lowest BCUT2D eigenvalue weighted by Crippen LogP contribution is -2.45. The van der Waals surface area contributed by atoms with E-state index in [9.17, 15) is 5.11 Å². The molecule has 0 spiro atoms. The van der Waals surface area contributed by atoms with Gasteiger partial charge in [-0.05, 0) is 25.9 Å². The van der Waals surface area contributed by atoms with Gasteiger partial charge in [0.2, 0.25) is 0 Å². The van der Waals surface area contributed by atoms with Crippen molar-refractivity contribution < 1.29 is 9.84 Å². The molecule has 1 saturated heterocycles. The standard InChI is InChI=1S/C18H34N4O2/c1-18(2,3)17-14(11-21(4)20-17)10-19-15-6-8-22(9-7-15)12-16(23)13-24-5/h11,15-16,19,23H,6-10,12-13H2,1-5H3. The summed E-state index contributed by atoms with van der Waals surface area (Å²) < 4.78 is 6.91. The fraction of sp³-hybridized carbons (Fsp3) is 0.833. The van der Waals surface area contributed by atoms with Crippen molar-refractivity contribution in [3.8, 4) is 0 Å². The second-order valence-electron chi connectivity index (χ2n) is 7.99. The highest BCUT2D eigenvalue weighted by molar-refractivity contribution is 5.24. The molecule has 0 aliphatic carbocycles. The molecule has 0 aromatic carbocycles. The molecule has 1 fully saturated rings. The normalized spacial score (nSPS) is 18.9. The van der Waals surface area contributed by atoms with Crippen LogP contribution in [0.1, 0.15) is 44.9 Å². The summed E-state index contributed by atoms with van der Waals surface area (Å²) in [6, 6.07) is 0.536. The van der Waals surface area contributed by atoms with E-state index in [4.69, 9.17) is 4.74 Å². The van der Waals surface area contributed by atoms with Crippen LogP contribution in [0.5, 0.6) is 0 Å². The van der Waals surface area contributed by atoms with E-state index in [2.05, 4.69) is 42.3 Å². The maximum Gasteiger partial charge on any atom is 0.0900 e. The van der Waals surface area contributed by atoms with Gasteiger partial charge in [0, 0.05) is 50.5 Å². The minimum absolute atomic E-state index is 0.0686. The highest BCUT2D eigenvalue weighted by Crippen LogP contribution is 2.24. The number of methoxy groups -OCH3 is 1. The summed E-state index contributed by atoms with van der Waals surface area (Å²) in [6.45, 7) is 10.7. The lowest BCUT2D eigenvalue weighted by atomic mass is 9.89. The fourth-order valence-electron chi connectivity index (χ4n) is 3.42. The maximum atomic E-state index is 9.84. The number of rotatable bonds is 7. The summed E-state index contributed by atoms with van der Waals surface area (Å²) in [5.74, 6) is 0. The molecule has 0 saturated carbocycles. The molecule has 0 bridgehead atoms. The zero-order valence-electron chi connectivity index (χ0n) is 15.9. The second kappa shape index (κ2) is 8.43. The van der Waals surface area contributed by atoms with E-state index in [0.717, 1.165) is 32.5 Å². The zero-order chi connectivity index (χ0) is 17.7. The van der Waals surface area contributed by atoms with Crippen molar-refractivity contribution in [3.63, 3.8) is 0 Å². The minimum Gasteiger partial charge on any atom is -0.389 e. The first-order valence-corrected chi connectivity index (χ1v) is 8.95. The number of hydrogen-bond donors (Lipinski definition) is 2. The molecule has 2 N–H and O–H groups in total. The van der Waals surface area contributed by atoms with Crippen molar-refractivity contribution in [2.24, 2.45) is 7.05 Å². The molecule has 2 heterocycles. The van der Waals surface area contributed by atoms with Gasteiger partial charge in [0.25, 0.3) is 0 Å². The molecule has 1 aromatic rings. The Kier molecular flexibility index (Phi) is 6.80. The Morgan fingerprint density at radius 2 is 2.04 bits per heavy atom. The molecular formula is C18H34N4O2. The highest BCUT2D eigenvalue weighted by Gasteiger charge is 2.24. The van der Waals surface area contributed by atoms with E-state index in [0.29, 0.717) is 19.2 Å². The first kappa shape index (κ1) is 19.4. The number of piperidine rings is 1. The number of nitrogens with one attached hydrogen (secondary N) is 1. The lowest BCUT2D eigenvalue weighted by molar-refractivity contribution is 0.0310. The lowest BCUT2D eigenvalue weighted by Gasteiger charge is -2.33. The topological polar surface area (TPSA) is 62.6 Å². The minimum atomic E-state index is -0.385. The summed E-state index contributed by atoms with van der Waals surface area (Å²) in [7, 11) is 3.62. The molecule has 24 heavy (non-hydrogen) atoms. The molecule has 0 amide bonds. The maximum absolute atomic E-state index is 9.84. The van der Waals surface area contributed by atoms with Crippen LogP contribution in [0.2, 0.25) is 0 Å². The van der Waals surface area contributed by atoms with Crippen molar-refractivity contribution in [1.82, 2.24) is 20.0 Å². The van der Waals surface area contributed by atoms with Crippen molar-refractivity contribution in [3.05, 3.63) is 17.5 Å². The van der Waals surface area contributed by atoms with Gasteiger partial charge in [-0.2, -0.15) is 5.10 Å². The smallest absolute Gasteiger partial charge is 0.0900 e. The quantitative estimate of drug-likeness (QED) is 0.784. The average molecular weight is 338 g/mol. The summed E-state index contributed by atoms with van der Waals surface area (Å²) >= 11 is 0. The van der Waals surface area contributed by atoms with E-state index < -0.39 is 0 Å². The number of hydrogen-bond acceptors (Lipinski definition) is 5. The molecule has 2 rings (SSSR count). The molecule has 0 radical (unpaired) electrons. The highest BCUT2D eigenvalue weighted by atomic mass is 16.5. The van der Waals surface area contributed by atoms with Crippen molar-refractivity contribution in [1.29, 1.82) is 0 Å². The Hall–Kier alpha value is -0.950. The van der Waals surface area contributed by atoms with Crippen LogP contribution in [-0.2, 0) is 23.7 Å². The first-order valence-electron chi connectivity index (χ1n) is 8.95. The predicted molar refractivity (Wildman–Crippen MR) is 96.1 cm³/mol. The van der Waals surface area contributed by atoms with E-state index >= 15 is 0 Å². The van der Waals surface area contributed by atoms with Crippen LogP contribution < -0.4 is 5.32 Å². The third kappa shape index (κ3) is 5.55. The van der Waals surface area contributed by atoms with E-state index in [1.54, 1.807) is 7.11 Å². The molecule has 1 atom stereocenters. The Morgan fingerprint density at radius 1 is 1.38 bits per heavy atom. The van der Waals surface area contributed by atoms with Crippen LogP contribution in [0.15, 0.2) is 6.20 Å². The van der Waals surface area contributed by atoms with Gasteiger partial charge >= 0.3 is 0 Å². The van der Waals surface area contributed by atoms with E-state index in [1.807, 2.05) is 11.7 Å². The third-order valence-electron chi connectivity index (χ3n) is 4.61. The van der Waals surface area contributed by atoms with E-state index in [-0.39, 0.29) is 11.5 Å². The van der Waals surface area contributed by atoms with Gasteiger partial charge in [-0.25, -0.2) is 0 Å². The van der Waals surface area contributed by atoms with Crippen molar-refractivity contribution in [2.75, 3.05) is 33.4 Å². The molecule has 1 aliphatic heterocycles. The summed E-state index contributed by atoms with van der Waals surface area (Å²) in [5, 5.41) is 18.2. The number of ether oxygens (including phenoxy) is 1. The SMILES string of the molecule is COCC(O)CN1CCC(NCc2cn(C)nc2C(C)(C)C)CC1. The Bertz CT molecular complexity index is 502. The molecule has 6 nitrogen and oxygen atoms in total. The zero-order valence-corrected chi connectivity index (χ0v) is 15.9. The molecular weight excluding hydrogens is 304 g/mol. The Morgan fingerprint density at radius 3 is 2.62 bits per heavy atom. The summed E-state index contributed by atoms with van der Waals surface area (Å²) in [6.07, 6.45) is 3.98. The largest absolute Gasteiger partial charge is 0.389 e. The fourth-order valence-corrected chi connectivity index (χ4v) is 3.42. The van der Waals surface area contributed by atoms with Crippen LogP contribution in [0.3, 0.4) is 0 Å². The first-order chi connectivity index (χ1) is 11.3. The van der Waals surface area contributed by atoms with Crippen LogP contribution in [-0.4, -0.2) is 65.3 Å².